The number of fused-ring (bicyclic) bond motifs is 1. The lowest BCUT2D eigenvalue weighted by molar-refractivity contribution is 0.0996. The average molecular weight is 499 g/mol. The van der Waals surface area contributed by atoms with Crippen molar-refractivity contribution >= 4 is 28.4 Å². The van der Waals surface area contributed by atoms with E-state index in [0.717, 1.165) is 83.9 Å². The number of aromatic amines is 1. The van der Waals surface area contributed by atoms with Crippen molar-refractivity contribution in [2.75, 3.05) is 49.6 Å². The maximum Gasteiger partial charge on any atom is 0.268 e. The number of carbonyl (C=O) groups excluding carboxylic acids is 1. The number of pyridine rings is 1. The maximum absolute atomic E-state index is 12.3. The molecule has 0 spiro atoms. The number of hydrogen-bond donors (Lipinski definition) is 4. The Morgan fingerprint density at radius 3 is 2.54 bits per heavy atom. The van der Waals surface area contributed by atoms with Crippen LogP contribution in [0.4, 0.5) is 11.5 Å². The molecule has 0 atom stereocenters. The molecule has 0 radical (unpaired) electrons. The van der Waals surface area contributed by atoms with Crippen molar-refractivity contribution in [3.8, 4) is 22.4 Å². The van der Waals surface area contributed by atoms with Gasteiger partial charge in [0.2, 0.25) is 0 Å². The molecule has 1 aromatic carbocycles. The first-order valence-corrected chi connectivity index (χ1v) is 12.7. The molecule has 2 saturated heterocycles. The lowest BCUT2D eigenvalue weighted by atomic mass is 9.98. The average Bonchev–Trinajstić information content (AvgIpc) is 3.39. The Morgan fingerprint density at radius 1 is 1.03 bits per heavy atom. The van der Waals surface area contributed by atoms with Gasteiger partial charge in [-0.1, -0.05) is 24.3 Å². The van der Waals surface area contributed by atoms with E-state index >= 15 is 0 Å². The van der Waals surface area contributed by atoms with E-state index < -0.39 is 5.91 Å². The molecule has 5 N–H and O–H groups in total. The van der Waals surface area contributed by atoms with E-state index in [0.29, 0.717) is 19.3 Å². The largest absolute Gasteiger partial charge is 0.382 e. The van der Waals surface area contributed by atoms with E-state index in [1.165, 1.54) is 0 Å². The molecule has 6 rings (SSSR count). The van der Waals surface area contributed by atoms with Gasteiger partial charge in [0, 0.05) is 42.3 Å². The van der Waals surface area contributed by atoms with Gasteiger partial charge in [0.25, 0.3) is 5.91 Å². The SMILES string of the molecule is NC(=O)c1nccc(NC2CCNCC2)c1-c1ccc(-c2cc3c(N4CCOCC4)ncnc3[nH]2)cc1. The van der Waals surface area contributed by atoms with E-state index in [1.807, 2.05) is 30.3 Å². The number of nitrogens with one attached hydrogen (secondary N) is 3. The lowest BCUT2D eigenvalue weighted by Gasteiger charge is -2.27. The third kappa shape index (κ3) is 4.73. The van der Waals surface area contributed by atoms with Crippen LogP contribution in [0.15, 0.2) is 48.9 Å². The Kier molecular flexibility index (Phi) is 6.42. The number of morpholine rings is 1. The number of H-pyrrole nitrogens is 1. The number of carbonyl (C=O) groups is 1. The summed E-state index contributed by atoms with van der Waals surface area (Å²) in [5.41, 5.74) is 11.2. The number of primary amides is 1. The van der Waals surface area contributed by atoms with E-state index in [-0.39, 0.29) is 5.69 Å². The second-order valence-electron chi connectivity index (χ2n) is 9.43. The van der Waals surface area contributed by atoms with Gasteiger partial charge in [-0.2, -0.15) is 0 Å². The quantitative estimate of drug-likeness (QED) is 0.319. The van der Waals surface area contributed by atoms with Crippen LogP contribution in [-0.2, 0) is 4.74 Å². The highest BCUT2D eigenvalue weighted by Crippen LogP contribution is 2.34. The summed E-state index contributed by atoms with van der Waals surface area (Å²) in [6.07, 6.45) is 5.27. The Morgan fingerprint density at radius 2 is 1.78 bits per heavy atom. The fourth-order valence-electron chi connectivity index (χ4n) is 5.17. The highest BCUT2D eigenvalue weighted by molar-refractivity contribution is 6.01. The van der Waals surface area contributed by atoms with Crippen molar-refractivity contribution in [2.24, 2.45) is 5.73 Å². The molecule has 1 amide bonds. The van der Waals surface area contributed by atoms with Gasteiger partial charge in [0.1, 0.15) is 23.5 Å². The molecule has 190 valence electrons. The second kappa shape index (κ2) is 10.2. The van der Waals surface area contributed by atoms with Gasteiger partial charge in [-0.05, 0) is 49.2 Å². The van der Waals surface area contributed by atoms with Crippen LogP contribution < -0.4 is 21.3 Å². The van der Waals surface area contributed by atoms with Gasteiger partial charge in [-0.15, -0.1) is 0 Å². The molecular formula is C27H30N8O2. The van der Waals surface area contributed by atoms with Crippen LogP contribution >= 0.6 is 0 Å². The van der Waals surface area contributed by atoms with Crippen molar-refractivity contribution in [3.63, 3.8) is 0 Å². The van der Waals surface area contributed by atoms with Gasteiger partial charge in [-0.25, -0.2) is 9.97 Å². The fourth-order valence-corrected chi connectivity index (χ4v) is 5.17. The molecule has 0 unspecified atom stereocenters. The molecule has 0 aliphatic carbocycles. The third-order valence-corrected chi connectivity index (χ3v) is 7.08. The zero-order chi connectivity index (χ0) is 25.2. The summed E-state index contributed by atoms with van der Waals surface area (Å²) in [6.45, 7) is 4.95. The molecule has 2 aliphatic rings. The topological polar surface area (TPSA) is 134 Å². The van der Waals surface area contributed by atoms with Crippen molar-refractivity contribution in [3.05, 3.63) is 54.6 Å². The number of ether oxygens (including phenoxy) is 1. The molecule has 3 aromatic heterocycles. The number of hydrogen-bond acceptors (Lipinski definition) is 8. The number of nitrogens with two attached hydrogens (primary N) is 1. The fraction of sp³-hybridized carbons (Fsp3) is 0.333. The van der Waals surface area contributed by atoms with Crippen LogP contribution in [0.2, 0.25) is 0 Å². The van der Waals surface area contributed by atoms with Crippen molar-refractivity contribution in [1.29, 1.82) is 0 Å². The van der Waals surface area contributed by atoms with Crippen molar-refractivity contribution in [2.45, 2.75) is 18.9 Å². The Hall–Kier alpha value is -4.02. The van der Waals surface area contributed by atoms with E-state index in [4.69, 9.17) is 10.5 Å². The first-order chi connectivity index (χ1) is 18.2. The highest BCUT2D eigenvalue weighted by Gasteiger charge is 2.21. The molecule has 5 heterocycles. The molecule has 2 fully saturated rings. The summed E-state index contributed by atoms with van der Waals surface area (Å²) in [6, 6.07) is 12.4. The number of piperidine rings is 1. The molecule has 4 aromatic rings. The number of rotatable bonds is 6. The number of anilines is 2. The molecule has 10 nitrogen and oxygen atoms in total. The summed E-state index contributed by atoms with van der Waals surface area (Å²) in [7, 11) is 0. The van der Waals surface area contributed by atoms with Crippen LogP contribution in [0, 0.1) is 0 Å². The van der Waals surface area contributed by atoms with Gasteiger partial charge in [-0.3, -0.25) is 9.78 Å². The highest BCUT2D eigenvalue weighted by atomic mass is 16.5. The van der Waals surface area contributed by atoms with E-state index in [2.05, 4.69) is 41.5 Å². The summed E-state index contributed by atoms with van der Waals surface area (Å²) in [5.74, 6) is 0.375. The van der Waals surface area contributed by atoms with E-state index in [9.17, 15) is 4.79 Å². The summed E-state index contributed by atoms with van der Waals surface area (Å²) >= 11 is 0. The number of nitrogens with zero attached hydrogens (tertiary/aromatic N) is 4. The van der Waals surface area contributed by atoms with Crippen LogP contribution in [0.5, 0.6) is 0 Å². The molecule has 10 heteroatoms. The van der Waals surface area contributed by atoms with Crippen LogP contribution in [0.25, 0.3) is 33.4 Å². The Balaban J connectivity index is 1.33. The van der Waals surface area contributed by atoms with Crippen molar-refractivity contribution in [1.82, 2.24) is 25.3 Å². The molecule has 0 bridgehead atoms. The number of amides is 1. The lowest BCUT2D eigenvalue weighted by Crippen LogP contribution is -2.36. The van der Waals surface area contributed by atoms with Crippen LogP contribution in [-0.4, -0.2) is 71.3 Å². The first kappa shape index (κ1) is 23.4. The van der Waals surface area contributed by atoms with Gasteiger partial charge in [0.05, 0.1) is 18.6 Å². The zero-order valence-corrected chi connectivity index (χ0v) is 20.5. The Bertz CT molecular complexity index is 1410. The first-order valence-electron chi connectivity index (χ1n) is 12.7. The molecule has 0 saturated carbocycles. The number of aromatic nitrogens is 4. The molecule has 2 aliphatic heterocycles. The predicted octanol–water partition coefficient (Wildman–Crippen LogP) is 2.79. The maximum atomic E-state index is 12.3. The third-order valence-electron chi connectivity index (χ3n) is 7.08. The minimum atomic E-state index is -0.544. The van der Waals surface area contributed by atoms with E-state index in [1.54, 1.807) is 12.5 Å². The summed E-state index contributed by atoms with van der Waals surface area (Å²) in [5, 5.41) is 7.99. The predicted molar refractivity (Wildman–Crippen MR) is 144 cm³/mol. The standard InChI is InChI=1S/C27H30N8O2/c28-25(36)24-23(21(7-10-30-24)33-19-5-8-29-9-6-19)18-3-1-17(2-4-18)22-15-20-26(34-22)31-16-32-27(20)35-11-13-37-14-12-35/h1-4,7,10,15-16,19,29H,5-6,8-9,11-14H2,(H2,28,36)(H,30,33)(H,31,32,34). The molecular weight excluding hydrogens is 468 g/mol. The molecule has 37 heavy (non-hydrogen) atoms. The Labute approximate surface area is 214 Å². The summed E-state index contributed by atoms with van der Waals surface area (Å²) in [4.78, 5) is 31.3. The number of benzene rings is 1. The van der Waals surface area contributed by atoms with Gasteiger partial charge < -0.3 is 31.0 Å². The van der Waals surface area contributed by atoms with Gasteiger partial charge in [0.15, 0.2) is 0 Å². The smallest absolute Gasteiger partial charge is 0.268 e. The van der Waals surface area contributed by atoms with Crippen molar-refractivity contribution < 1.29 is 9.53 Å². The monoisotopic (exact) mass is 498 g/mol. The second-order valence-corrected chi connectivity index (χ2v) is 9.43. The van der Waals surface area contributed by atoms with Crippen LogP contribution in [0.3, 0.4) is 0 Å². The zero-order valence-electron chi connectivity index (χ0n) is 20.5. The normalized spacial score (nSPS) is 16.7. The minimum Gasteiger partial charge on any atom is -0.382 e. The van der Waals surface area contributed by atoms with Crippen LogP contribution in [0.1, 0.15) is 23.3 Å². The van der Waals surface area contributed by atoms with Gasteiger partial charge >= 0.3 is 0 Å². The summed E-state index contributed by atoms with van der Waals surface area (Å²) < 4.78 is 5.50. The minimum absolute atomic E-state index is 0.266.